The van der Waals surface area contributed by atoms with Gasteiger partial charge in [0.05, 0.1) is 27.1 Å². The zero-order valence-electron chi connectivity index (χ0n) is 15.9. The molecule has 1 rings (SSSR count). The second-order valence-electron chi connectivity index (χ2n) is 7.17. The van der Waals surface area contributed by atoms with Gasteiger partial charge in [-0.3, -0.25) is 4.79 Å². The van der Waals surface area contributed by atoms with Gasteiger partial charge in [-0.1, -0.05) is 56.3 Å². The maximum atomic E-state index is 11.9. The number of halogens is 2. The molecule has 0 aliphatic carbocycles. The number of benzene rings is 1. The lowest BCUT2D eigenvalue weighted by molar-refractivity contribution is -0.890. The number of carbonyl (C=O) groups excluding carboxylic acids is 1. The summed E-state index contributed by atoms with van der Waals surface area (Å²) < 4.78 is 6.29. The molecule has 0 aromatic heterocycles. The van der Waals surface area contributed by atoms with Crippen molar-refractivity contribution in [3.63, 3.8) is 0 Å². The monoisotopic (exact) mass is 433 g/mol. The molecule has 0 aliphatic rings. The van der Waals surface area contributed by atoms with Gasteiger partial charge < -0.3 is 26.2 Å². The molecule has 25 heavy (non-hydrogen) atoms. The van der Waals surface area contributed by atoms with Crippen LogP contribution < -0.4 is 17.0 Å². The Balaban J connectivity index is 0.00000576. The molecule has 0 amide bonds. The van der Waals surface area contributed by atoms with E-state index in [-0.39, 0.29) is 23.0 Å². The van der Waals surface area contributed by atoms with E-state index in [1.807, 2.05) is 12.1 Å². The van der Waals surface area contributed by atoms with E-state index in [4.69, 9.17) is 16.3 Å². The van der Waals surface area contributed by atoms with Crippen LogP contribution in [0.5, 0.6) is 0 Å². The van der Waals surface area contributed by atoms with Crippen molar-refractivity contribution in [3.8, 4) is 0 Å². The van der Waals surface area contributed by atoms with E-state index in [9.17, 15) is 4.79 Å². The molecule has 0 saturated carbocycles. The normalized spacial score (nSPS) is 11.0. The van der Waals surface area contributed by atoms with Gasteiger partial charge in [-0.25, -0.2) is 0 Å². The Morgan fingerprint density at radius 1 is 1.00 bits per heavy atom. The van der Waals surface area contributed by atoms with E-state index in [0.717, 1.165) is 23.1 Å². The van der Waals surface area contributed by atoms with Gasteiger partial charge >= 0.3 is 5.97 Å². The number of hydrogen-bond acceptors (Lipinski definition) is 2. The number of ether oxygens (including phenoxy) is 1. The number of nitrogens with zero attached hydrogens (tertiary/aromatic N) is 1. The van der Waals surface area contributed by atoms with Crippen LogP contribution in [0.1, 0.15) is 51.0 Å². The number of rotatable bonds is 12. The van der Waals surface area contributed by atoms with E-state index >= 15 is 0 Å². The summed E-state index contributed by atoms with van der Waals surface area (Å²) >= 11 is 5.84. The molecule has 144 valence electrons. The van der Waals surface area contributed by atoms with Gasteiger partial charge in [0.15, 0.2) is 0 Å². The Kier molecular flexibility index (Phi) is 13.3. The lowest BCUT2D eigenvalue weighted by Gasteiger charge is -2.29. The minimum Gasteiger partial charge on any atom is -1.00 e. The highest BCUT2D eigenvalue weighted by Gasteiger charge is 2.15. The van der Waals surface area contributed by atoms with Gasteiger partial charge in [0.1, 0.15) is 13.2 Å². The number of hydrogen-bond donors (Lipinski definition) is 0. The SMILES string of the molecule is CCCCCCCC[N+](C)(C)CCOC(=O)Cc1ccc(Cl)cc1.[Br-]. The van der Waals surface area contributed by atoms with Crippen molar-refractivity contribution < 1.29 is 31.0 Å². The highest BCUT2D eigenvalue weighted by atomic mass is 79.9. The maximum Gasteiger partial charge on any atom is 0.310 e. The van der Waals surface area contributed by atoms with Crippen molar-refractivity contribution in [3.05, 3.63) is 34.9 Å². The van der Waals surface area contributed by atoms with Crippen molar-refractivity contribution in [2.24, 2.45) is 0 Å². The molecule has 0 atom stereocenters. The first-order chi connectivity index (χ1) is 11.4. The average molecular weight is 435 g/mol. The lowest BCUT2D eigenvalue weighted by Crippen LogP contribution is -3.00. The topological polar surface area (TPSA) is 26.3 Å². The largest absolute Gasteiger partial charge is 1.00 e. The highest BCUT2D eigenvalue weighted by molar-refractivity contribution is 6.30. The third-order valence-corrected chi connectivity index (χ3v) is 4.59. The molecule has 0 fully saturated rings. The van der Waals surface area contributed by atoms with E-state index in [0.29, 0.717) is 18.1 Å². The molecule has 0 spiro atoms. The molecule has 0 heterocycles. The summed E-state index contributed by atoms with van der Waals surface area (Å²) in [7, 11) is 4.41. The number of unbranched alkanes of at least 4 members (excludes halogenated alkanes) is 5. The number of carbonyl (C=O) groups is 1. The lowest BCUT2D eigenvalue weighted by atomic mass is 10.1. The van der Waals surface area contributed by atoms with Gasteiger partial charge in [-0.05, 0) is 30.5 Å². The smallest absolute Gasteiger partial charge is 0.310 e. The fourth-order valence-corrected chi connectivity index (χ4v) is 2.78. The fourth-order valence-electron chi connectivity index (χ4n) is 2.66. The van der Waals surface area contributed by atoms with E-state index in [2.05, 4.69) is 21.0 Å². The Morgan fingerprint density at radius 2 is 1.60 bits per heavy atom. The number of quaternary nitrogens is 1. The summed E-state index contributed by atoms with van der Waals surface area (Å²) in [5, 5.41) is 0.681. The maximum absolute atomic E-state index is 11.9. The summed E-state index contributed by atoms with van der Waals surface area (Å²) in [5.41, 5.74) is 0.935. The van der Waals surface area contributed by atoms with Crippen LogP contribution in [-0.2, 0) is 16.0 Å². The standard InChI is InChI=1S/C20H33ClNO2.BrH/c1-4-5-6-7-8-9-14-22(2,3)15-16-24-20(23)17-18-10-12-19(21)13-11-18;/h10-13H,4-9,14-17H2,1-3H3;1H/q+1;/p-1. The molecule has 5 heteroatoms. The first-order valence-corrected chi connectivity index (χ1v) is 9.53. The molecule has 0 aliphatic heterocycles. The second-order valence-corrected chi connectivity index (χ2v) is 7.61. The van der Waals surface area contributed by atoms with Crippen LogP contribution in [0.15, 0.2) is 24.3 Å². The predicted octanol–water partition coefficient (Wildman–Crippen LogP) is 1.87. The van der Waals surface area contributed by atoms with Crippen LogP contribution in [0.2, 0.25) is 5.02 Å². The zero-order chi connectivity index (χ0) is 17.8. The second kappa shape index (κ2) is 13.6. The van der Waals surface area contributed by atoms with E-state index in [1.165, 1.54) is 38.5 Å². The predicted molar refractivity (Wildman–Crippen MR) is 101 cm³/mol. The summed E-state index contributed by atoms with van der Waals surface area (Å²) in [6, 6.07) is 7.32. The van der Waals surface area contributed by atoms with E-state index in [1.54, 1.807) is 12.1 Å². The first-order valence-electron chi connectivity index (χ1n) is 9.15. The van der Waals surface area contributed by atoms with Crippen LogP contribution in [0.3, 0.4) is 0 Å². The fraction of sp³-hybridized carbons (Fsp3) is 0.650. The third-order valence-electron chi connectivity index (χ3n) is 4.34. The van der Waals surface area contributed by atoms with Gasteiger partial charge in [0.25, 0.3) is 0 Å². The molecule has 0 radical (unpaired) electrons. The Bertz CT molecular complexity index is 477. The number of esters is 1. The van der Waals surface area contributed by atoms with Crippen molar-refractivity contribution in [1.29, 1.82) is 0 Å². The van der Waals surface area contributed by atoms with Crippen molar-refractivity contribution >= 4 is 17.6 Å². The summed E-state index contributed by atoms with van der Waals surface area (Å²) in [6.07, 6.45) is 8.19. The molecule has 0 saturated heterocycles. The molecular formula is C20H33BrClNO2. The van der Waals surface area contributed by atoms with E-state index < -0.39 is 0 Å². The number of likely N-dealkylation sites (N-methyl/N-ethyl adjacent to an activating group) is 1. The first kappa shape index (κ1) is 24.4. The minimum atomic E-state index is -0.170. The van der Waals surface area contributed by atoms with Crippen molar-refractivity contribution in [2.45, 2.75) is 51.9 Å². The van der Waals surface area contributed by atoms with Crippen LogP contribution in [0, 0.1) is 0 Å². The molecule has 0 N–H and O–H groups in total. The average Bonchev–Trinajstić information content (AvgIpc) is 2.53. The zero-order valence-corrected chi connectivity index (χ0v) is 18.2. The van der Waals surface area contributed by atoms with Crippen LogP contribution >= 0.6 is 11.6 Å². The molecule has 3 nitrogen and oxygen atoms in total. The van der Waals surface area contributed by atoms with Crippen molar-refractivity contribution in [1.82, 2.24) is 0 Å². The molecular weight excluding hydrogens is 402 g/mol. The molecule has 0 bridgehead atoms. The third kappa shape index (κ3) is 12.4. The minimum absolute atomic E-state index is 0. The van der Waals surface area contributed by atoms with Crippen LogP contribution in [0.4, 0.5) is 0 Å². The molecule has 1 aromatic carbocycles. The Hall–Kier alpha value is -0.580. The summed E-state index contributed by atoms with van der Waals surface area (Å²) in [6.45, 7) is 4.73. The quantitative estimate of drug-likeness (QED) is 0.285. The van der Waals surface area contributed by atoms with Gasteiger partial charge in [0.2, 0.25) is 0 Å². The highest BCUT2D eigenvalue weighted by Crippen LogP contribution is 2.11. The summed E-state index contributed by atoms with van der Waals surface area (Å²) in [5.74, 6) is -0.170. The summed E-state index contributed by atoms with van der Waals surface area (Å²) in [4.78, 5) is 11.9. The Morgan fingerprint density at radius 3 is 2.24 bits per heavy atom. The molecule has 0 unspecified atom stereocenters. The van der Waals surface area contributed by atoms with Gasteiger partial charge in [-0.15, -0.1) is 0 Å². The van der Waals surface area contributed by atoms with Crippen LogP contribution in [-0.4, -0.2) is 44.2 Å². The molecule has 1 aromatic rings. The van der Waals surface area contributed by atoms with Gasteiger partial charge in [-0.2, -0.15) is 0 Å². The van der Waals surface area contributed by atoms with Crippen LogP contribution in [0.25, 0.3) is 0 Å². The van der Waals surface area contributed by atoms with Crippen molar-refractivity contribution in [2.75, 3.05) is 33.8 Å². The van der Waals surface area contributed by atoms with Gasteiger partial charge in [0, 0.05) is 5.02 Å². The Labute approximate surface area is 169 Å².